The molecule has 0 amide bonds. The molecule has 0 saturated carbocycles. The zero-order chi connectivity index (χ0) is 19.3. The third kappa shape index (κ3) is 4.33. The highest BCUT2D eigenvalue weighted by Gasteiger charge is 2.18. The van der Waals surface area contributed by atoms with Crippen LogP contribution in [0.3, 0.4) is 0 Å². The number of aryl methyl sites for hydroxylation is 2. The molecular formula is C24H31N3O. The van der Waals surface area contributed by atoms with Gasteiger partial charge in [-0.25, -0.2) is 0 Å². The molecule has 28 heavy (non-hydrogen) atoms. The number of rotatable bonds is 7. The van der Waals surface area contributed by atoms with Crippen molar-refractivity contribution in [3.63, 3.8) is 0 Å². The largest absolute Gasteiger partial charge is 0.493 e. The van der Waals surface area contributed by atoms with E-state index < -0.39 is 0 Å². The van der Waals surface area contributed by atoms with Crippen molar-refractivity contribution >= 4 is 16.6 Å². The fraction of sp³-hybridized carbons (Fsp3) is 0.417. The molecule has 1 aliphatic heterocycles. The molecule has 1 fully saturated rings. The van der Waals surface area contributed by atoms with Crippen molar-refractivity contribution in [3.05, 3.63) is 59.8 Å². The number of fused-ring (bicyclic) bond motifs is 1. The van der Waals surface area contributed by atoms with Crippen molar-refractivity contribution in [1.82, 2.24) is 9.88 Å². The lowest BCUT2D eigenvalue weighted by atomic mass is 10.1. The molecular weight excluding hydrogens is 346 g/mol. The second-order valence-corrected chi connectivity index (χ2v) is 7.87. The molecule has 3 aromatic rings. The average molecular weight is 378 g/mol. The minimum atomic E-state index is 0.805. The topological polar surface area (TPSA) is 31.5 Å². The lowest BCUT2D eigenvalue weighted by Gasteiger charge is -2.36. The third-order valence-electron chi connectivity index (χ3n) is 5.74. The van der Waals surface area contributed by atoms with Crippen LogP contribution in [0, 0.1) is 13.8 Å². The molecule has 0 unspecified atom stereocenters. The van der Waals surface area contributed by atoms with Gasteiger partial charge in [-0.15, -0.1) is 0 Å². The molecule has 0 aliphatic carbocycles. The van der Waals surface area contributed by atoms with Crippen molar-refractivity contribution in [2.75, 3.05) is 44.2 Å². The number of benzene rings is 2. The summed E-state index contributed by atoms with van der Waals surface area (Å²) in [5.74, 6) is 1.03. The summed E-state index contributed by atoms with van der Waals surface area (Å²) in [6.07, 6.45) is 4.33. The van der Waals surface area contributed by atoms with Crippen molar-refractivity contribution < 1.29 is 4.74 Å². The van der Waals surface area contributed by atoms with Crippen LogP contribution in [0.15, 0.2) is 48.7 Å². The van der Waals surface area contributed by atoms with Gasteiger partial charge in [0, 0.05) is 49.0 Å². The molecule has 1 aliphatic rings. The number of hydrogen-bond acceptors (Lipinski definition) is 3. The number of piperazine rings is 1. The van der Waals surface area contributed by atoms with Crippen LogP contribution in [-0.2, 0) is 0 Å². The van der Waals surface area contributed by atoms with Gasteiger partial charge < -0.3 is 14.6 Å². The quantitative estimate of drug-likeness (QED) is 0.602. The number of hydrogen-bond donors (Lipinski definition) is 1. The number of anilines is 1. The molecule has 4 nitrogen and oxygen atoms in total. The van der Waals surface area contributed by atoms with E-state index in [9.17, 15) is 0 Å². The second kappa shape index (κ2) is 8.70. The van der Waals surface area contributed by atoms with Crippen molar-refractivity contribution in [2.24, 2.45) is 0 Å². The van der Waals surface area contributed by atoms with Gasteiger partial charge in [0.15, 0.2) is 0 Å². The van der Waals surface area contributed by atoms with E-state index in [1.807, 2.05) is 6.20 Å². The Morgan fingerprint density at radius 2 is 1.82 bits per heavy atom. The first-order chi connectivity index (χ1) is 13.7. The Balaban J connectivity index is 1.18. The number of nitrogens with zero attached hydrogens (tertiary/aromatic N) is 2. The fourth-order valence-electron chi connectivity index (χ4n) is 4.14. The SMILES string of the molecule is Cc1ccc(OCCCCN2CCN(c3cccc4[nH]ccc34)CC2)c(C)c1. The predicted molar refractivity (Wildman–Crippen MR) is 118 cm³/mol. The zero-order valence-electron chi connectivity index (χ0n) is 17.1. The van der Waals surface area contributed by atoms with Crippen LogP contribution in [0.5, 0.6) is 5.75 Å². The molecule has 2 aromatic carbocycles. The van der Waals surface area contributed by atoms with E-state index in [4.69, 9.17) is 4.74 Å². The van der Waals surface area contributed by atoms with Gasteiger partial charge in [-0.3, -0.25) is 4.90 Å². The molecule has 0 bridgehead atoms. The summed E-state index contributed by atoms with van der Waals surface area (Å²) in [6.45, 7) is 10.7. The first-order valence-electron chi connectivity index (χ1n) is 10.4. The van der Waals surface area contributed by atoms with Crippen LogP contribution in [0.2, 0.25) is 0 Å². The Bertz CT molecular complexity index is 909. The normalized spacial score (nSPS) is 15.3. The Morgan fingerprint density at radius 1 is 0.964 bits per heavy atom. The molecule has 0 atom stereocenters. The molecule has 2 heterocycles. The summed E-state index contributed by atoms with van der Waals surface area (Å²) in [4.78, 5) is 8.43. The van der Waals surface area contributed by atoms with Gasteiger partial charge >= 0.3 is 0 Å². The van der Waals surface area contributed by atoms with Gasteiger partial charge in [-0.1, -0.05) is 23.8 Å². The van der Waals surface area contributed by atoms with Gasteiger partial charge in [0.2, 0.25) is 0 Å². The predicted octanol–water partition coefficient (Wildman–Crippen LogP) is 4.77. The number of H-pyrrole nitrogens is 1. The van der Waals surface area contributed by atoms with Crippen molar-refractivity contribution in [1.29, 1.82) is 0 Å². The standard InChI is InChI=1S/C24H31N3O/c1-19-8-9-24(20(2)18-19)28-17-4-3-12-26-13-15-27(16-14-26)23-7-5-6-22-21(23)10-11-25-22/h5-11,18,25H,3-4,12-17H2,1-2H3. The number of aromatic amines is 1. The van der Waals surface area contributed by atoms with Gasteiger partial charge in [0.05, 0.1) is 6.61 Å². The Hall–Kier alpha value is -2.46. The smallest absolute Gasteiger partial charge is 0.122 e. The molecule has 4 heteroatoms. The van der Waals surface area contributed by atoms with Crippen LogP contribution < -0.4 is 9.64 Å². The van der Waals surface area contributed by atoms with Crippen LogP contribution in [0.1, 0.15) is 24.0 Å². The molecule has 0 radical (unpaired) electrons. The zero-order valence-corrected chi connectivity index (χ0v) is 17.1. The van der Waals surface area contributed by atoms with Gasteiger partial charge in [0.25, 0.3) is 0 Å². The van der Waals surface area contributed by atoms with Crippen LogP contribution in [0.4, 0.5) is 5.69 Å². The molecule has 1 N–H and O–H groups in total. The van der Waals surface area contributed by atoms with E-state index >= 15 is 0 Å². The number of aromatic nitrogens is 1. The molecule has 0 spiro atoms. The number of ether oxygens (including phenoxy) is 1. The van der Waals surface area contributed by atoms with E-state index in [2.05, 4.69) is 71.1 Å². The second-order valence-electron chi connectivity index (χ2n) is 7.87. The molecule has 1 saturated heterocycles. The monoisotopic (exact) mass is 377 g/mol. The maximum absolute atomic E-state index is 5.96. The average Bonchev–Trinajstić information content (AvgIpc) is 3.19. The number of unbranched alkanes of at least 4 members (excludes halogenated alkanes) is 1. The van der Waals surface area contributed by atoms with Crippen LogP contribution in [-0.4, -0.2) is 49.2 Å². The third-order valence-corrected chi connectivity index (χ3v) is 5.74. The summed E-state index contributed by atoms with van der Waals surface area (Å²) in [7, 11) is 0. The summed E-state index contributed by atoms with van der Waals surface area (Å²) >= 11 is 0. The van der Waals surface area contributed by atoms with E-state index in [0.29, 0.717) is 0 Å². The summed E-state index contributed by atoms with van der Waals surface area (Å²) in [5.41, 5.74) is 5.11. The lowest BCUT2D eigenvalue weighted by Crippen LogP contribution is -2.46. The maximum atomic E-state index is 5.96. The van der Waals surface area contributed by atoms with Gasteiger partial charge in [-0.2, -0.15) is 0 Å². The highest BCUT2D eigenvalue weighted by Crippen LogP contribution is 2.27. The highest BCUT2D eigenvalue weighted by atomic mass is 16.5. The minimum absolute atomic E-state index is 0.805. The van der Waals surface area contributed by atoms with Crippen molar-refractivity contribution in [2.45, 2.75) is 26.7 Å². The van der Waals surface area contributed by atoms with E-state index in [-0.39, 0.29) is 0 Å². The Morgan fingerprint density at radius 3 is 2.64 bits per heavy atom. The van der Waals surface area contributed by atoms with Crippen LogP contribution >= 0.6 is 0 Å². The van der Waals surface area contributed by atoms with Crippen molar-refractivity contribution in [3.8, 4) is 5.75 Å². The Labute approximate surface area is 168 Å². The lowest BCUT2D eigenvalue weighted by molar-refractivity contribution is 0.238. The van der Waals surface area contributed by atoms with E-state index in [1.54, 1.807) is 0 Å². The molecule has 148 valence electrons. The first kappa shape index (κ1) is 18.9. The molecule has 4 rings (SSSR count). The van der Waals surface area contributed by atoms with Gasteiger partial charge in [-0.05, 0) is 63.1 Å². The van der Waals surface area contributed by atoms with Crippen LogP contribution in [0.25, 0.3) is 10.9 Å². The highest BCUT2D eigenvalue weighted by molar-refractivity contribution is 5.92. The molecule has 1 aromatic heterocycles. The summed E-state index contributed by atoms with van der Waals surface area (Å²) in [5, 5.41) is 1.33. The first-order valence-corrected chi connectivity index (χ1v) is 10.4. The number of nitrogens with one attached hydrogen (secondary N) is 1. The van der Waals surface area contributed by atoms with Gasteiger partial charge in [0.1, 0.15) is 5.75 Å². The maximum Gasteiger partial charge on any atom is 0.122 e. The van der Waals surface area contributed by atoms with E-state index in [0.717, 1.165) is 45.0 Å². The summed E-state index contributed by atoms with van der Waals surface area (Å²) in [6, 6.07) is 15.1. The Kier molecular flexibility index (Phi) is 5.87. The van der Waals surface area contributed by atoms with E-state index in [1.165, 1.54) is 40.7 Å². The minimum Gasteiger partial charge on any atom is -0.493 e. The fourth-order valence-corrected chi connectivity index (χ4v) is 4.14. The summed E-state index contributed by atoms with van der Waals surface area (Å²) < 4.78 is 5.96.